The van der Waals surface area contributed by atoms with Gasteiger partial charge in [-0.15, -0.1) is 0 Å². The first kappa shape index (κ1) is 18.3. The standard InChI is InChI=1S/C17H17NO4S2/c1-24(21,23)22-12-11-18-17(20)15-9-7-14(8-10-15)16(19)13-5-3-2-4-6-13/h2-10H,11-12H2,1H3,(H,18,20). The summed E-state index contributed by atoms with van der Waals surface area (Å²) in [4.78, 5) is 24.2. The third-order valence-electron chi connectivity index (χ3n) is 3.13. The summed E-state index contributed by atoms with van der Waals surface area (Å²) >= 11 is 4.60. The van der Waals surface area contributed by atoms with E-state index in [1.807, 2.05) is 6.07 Å². The quantitative estimate of drug-likeness (QED) is 0.601. The van der Waals surface area contributed by atoms with E-state index in [0.717, 1.165) is 0 Å². The van der Waals surface area contributed by atoms with Crippen molar-refractivity contribution in [3.05, 3.63) is 71.3 Å². The molecule has 0 saturated carbocycles. The zero-order chi connectivity index (χ0) is 17.6. The van der Waals surface area contributed by atoms with E-state index in [9.17, 15) is 13.8 Å². The lowest BCUT2D eigenvalue weighted by Crippen LogP contribution is -2.27. The van der Waals surface area contributed by atoms with Crippen LogP contribution >= 0.6 is 0 Å². The fraction of sp³-hybridized carbons (Fsp3) is 0.176. The topological polar surface area (TPSA) is 72.5 Å². The Labute approximate surface area is 145 Å². The molecule has 0 fully saturated rings. The molecule has 0 aromatic heterocycles. The lowest BCUT2D eigenvalue weighted by Gasteiger charge is -2.07. The Bertz CT molecular complexity index is 815. The first-order valence-corrected chi connectivity index (χ1v) is 10.0. The van der Waals surface area contributed by atoms with E-state index in [1.54, 1.807) is 48.5 Å². The second-order valence-corrected chi connectivity index (χ2v) is 8.51. The molecular formula is C17H17NO4S2. The Hall–Kier alpha value is -2.09. The van der Waals surface area contributed by atoms with Gasteiger partial charge in [-0.1, -0.05) is 42.5 Å². The Kier molecular flexibility index (Phi) is 6.19. The molecule has 1 atom stereocenters. The molecule has 0 bridgehead atoms. The highest BCUT2D eigenvalue weighted by atomic mass is 32.8. The normalized spacial score (nSPS) is 13.0. The minimum atomic E-state index is -2.68. The molecule has 7 heteroatoms. The molecule has 1 unspecified atom stereocenters. The van der Waals surface area contributed by atoms with Crippen molar-refractivity contribution in [3.8, 4) is 0 Å². The third kappa shape index (κ3) is 5.52. The molecule has 2 rings (SSSR count). The van der Waals surface area contributed by atoms with Crippen LogP contribution in [-0.4, -0.2) is 35.3 Å². The minimum Gasteiger partial charge on any atom is -0.350 e. The summed E-state index contributed by atoms with van der Waals surface area (Å²) in [6.45, 7) is 0.278. The van der Waals surface area contributed by atoms with Gasteiger partial charge in [0.2, 0.25) is 0 Å². The van der Waals surface area contributed by atoms with Gasteiger partial charge in [0.25, 0.3) is 5.91 Å². The van der Waals surface area contributed by atoms with Crippen molar-refractivity contribution in [2.75, 3.05) is 19.4 Å². The lowest BCUT2D eigenvalue weighted by molar-refractivity contribution is 0.0946. The second kappa shape index (κ2) is 8.14. The lowest BCUT2D eigenvalue weighted by atomic mass is 10.0. The van der Waals surface area contributed by atoms with E-state index >= 15 is 0 Å². The van der Waals surface area contributed by atoms with Gasteiger partial charge in [0, 0.05) is 40.7 Å². The SMILES string of the molecule is CS(=O)(=S)OCCNC(=O)c1ccc(C(=O)c2ccccc2)cc1. The Morgan fingerprint density at radius 1 is 1.00 bits per heavy atom. The molecule has 126 valence electrons. The number of ketones is 1. The Balaban J connectivity index is 1.94. The molecule has 0 heterocycles. The minimum absolute atomic E-state index is 0.0785. The van der Waals surface area contributed by atoms with Gasteiger partial charge in [-0.3, -0.25) is 13.8 Å². The summed E-state index contributed by atoms with van der Waals surface area (Å²) < 4.78 is 16.1. The van der Waals surface area contributed by atoms with Crippen molar-refractivity contribution in [3.63, 3.8) is 0 Å². The van der Waals surface area contributed by atoms with E-state index in [-0.39, 0.29) is 24.8 Å². The summed E-state index contributed by atoms with van der Waals surface area (Å²) in [7, 11) is -2.68. The molecule has 1 amide bonds. The average molecular weight is 363 g/mol. The van der Waals surface area contributed by atoms with Crippen molar-refractivity contribution >= 4 is 31.7 Å². The monoisotopic (exact) mass is 363 g/mol. The van der Waals surface area contributed by atoms with Gasteiger partial charge in [0.15, 0.2) is 5.78 Å². The molecule has 0 spiro atoms. The number of carbonyl (C=O) groups is 2. The molecule has 5 nitrogen and oxygen atoms in total. The summed E-state index contributed by atoms with van der Waals surface area (Å²) in [6, 6.07) is 15.3. The molecule has 1 N–H and O–H groups in total. The highest BCUT2D eigenvalue weighted by molar-refractivity contribution is 8.29. The predicted molar refractivity (Wildman–Crippen MR) is 96.0 cm³/mol. The number of carbonyl (C=O) groups excluding carboxylic acids is 2. The number of benzene rings is 2. The van der Waals surface area contributed by atoms with Crippen LogP contribution in [0.5, 0.6) is 0 Å². The van der Waals surface area contributed by atoms with E-state index in [4.69, 9.17) is 4.18 Å². The van der Waals surface area contributed by atoms with Crippen molar-refractivity contribution in [1.82, 2.24) is 5.32 Å². The van der Waals surface area contributed by atoms with Gasteiger partial charge in [-0.2, -0.15) is 0 Å². The highest BCUT2D eigenvalue weighted by Crippen LogP contribution is 2.11. The smallest absolute Gasteiger partial charge is 0.251 e. The van der Waals surface area contributed by atoms with Crippen LogP contribution in [0.1, 0.15) is 26.3 Å². The second-order valence-electron chi connectivity index (χ2n) is 5.05. The van der Waals surface area contributed by atoms with Gasteiger partial charge in [0.1, 0.15) is 8.77 Å². The maximum absolute atomic E-state index is 12.3. The number of amides is 1. The Morgan fingerprint density at radius 3 is 2.12 bits per heavy atom. The molecule has 0 radical (unpaired) electrons. The molecule has 0 aliphatic rings. The van der Waals surface area contributed by atoms with Crippen molar-refractivity contribution in [1.29, 1.82) is 0 Å². The third-order valence-corrected chi connectivity index (χ3v) is 4.01. The molecule has 2 aromatic carbocycles. The fourth-order valence-electron chi connectivity index (χ4n) is 1.99. The molecule has 0 saturated heterocycles. The van der Waals surface area contributed by atoms with Crippen molar-refractivity contribution in [2.45, 2.75) is 0 Å². The zero-order valence-electron chi connectivity index (χ0n) is 13.1. The molecule has 24 heavy (non-hydrogen) atoms. The first-order chi connectivity index (χ1) is 11.4. The van der Waals surface area contributed by atoms with Gasteiger partial charge in [-0.05, 0) is 12.1 Å². The number of hydrogen-bond acceptors (Lipinski definition) is 5. The van der Waals surface area contributed by atoms with Gasteiger partial charge in [-0.25, -0.2) is 4.21 Å². The van der Waals surface area contributed by atoms with Crippen LogP contribution < -0.4 is 5.32 Å². The zero-order valence-corrected chi connectivity index (χ0v) is 14.7. The van der Waals surface area contributed by atoms with E-state index < -0.39 is 8.77 Å². The molecular weight excluding hydrogens is 346 g/mol. The average Bonchev–Trinajstić information content (AvgIpc) is 2.58. The first-order valence-electron chi connectivity index (χ1n) is 7.19. The van der Waals surface area contributed by atoms with Gasteiger partial charge < -0.3 is 5.32 Å². The fourth-order valence-corrected chi connectivity index (χ4v) is 2.58. The molecule has 2 aromatic rings. The van der Waals surface area contributed by atoms with Crippen molar-refractivity contribution < 1.29 is 18.0 Å². The van der Waals surface area contributed by atoms with Crippen LogP contribution in [0.3, 0.4) is 0 Å². The van der Waals surface area contributed by atoms with Crippen LogP contribution in [0.25, 0.3) is 0 Å². The molecule has 0 aliphatic carbocycles. The molecule has 0 aliphatic heterocycles. The largest absolute Gasteiger partial charge is 0.350 e. The maximum atomic E-state index is 12.3. The van der Waals surface area contributed by atoms with Crippen molar-refractivity contribution in [2.24, 2.45) is 0 Å². The summed E-state index contributed by atoms with van der Waals surface area (Å²) in [5, 5.41) is 2.63. The van der Waals surface area contributed by atoms with Crippen LogP contribution in [0.2, 0.25) is 0 Å². The number of hydrogen-bond donors (Lipinski definition) is 1. The van der Waals surface area contributed by atoms with E-state index in [0.29, 0.717) is 16.7 Å². The van der Waals surface area contributed by atoms with Gasteiger partial charge in [0.05, 0.1) is 6.61 Å². The van der Waals surface area contributed by atoms with Crippen LogP contribution in [0, 0.1) is 0 Å². The summed E-state index contributed by atoms with van der Waals surface area (Å²) in [5.41, 5.74) is 1.53. The van der Waals surface area contributed by atoms with E-state index in [2.05, 4.69) is 16.5 Å². The van der Waals surface area contributed by atoms with Gasteiger partial charge >= 0.3 is 0 Å². The van der Waals surface area contributed by atoms with Crippen LogP contribution in [-0.2, 0) is 24.1 Å². The van der Waals surface area contributed by atoms with Crippen LogP contribution in [0.4, 0.5) is 0 Å². The predicted octanol–water partition coefficient (Wildman–Crippen LogP) is 1.96. The Morgan fingerprint density at radius 2 is 1.54 bits per heavy atom. The summed E-state index contributed by atoms with van der Waals surface area (Å²) in [5.74, 6) is -0.400. The maximum Gasteiger partial charge on any atom is 0.251 e. The van der Waals surface area contributed by atoms with E-state index in [1.165, 1.54) is 6.26 Å². The summed E-state index contributed by atoms with van der Waals surface area (Å²) in [6.07, 6.45) is 1.31. The number of nitrogens with one attached hydrogen (secondary N) is 1. The van der Waals surface area contributed by atoms with Crippen LogP contribution in [0.15, 0.2) is 54.6 Å². The highest BCUT2D eigenvalue weighted by Gasteiger charge is 2.10. The number of rotatable bonds is 7.